The van der Waals surface area contributed by atoms with E-state index in [9.17, 15) is 13.2 Å². The Balaban J connectivity index is 1.39. The van der Waals surface area contributed by atoms with Gasteiger partial charge in [-0.3, -0.25) is 4.79 Å². The zero-order chi connectivity index (χ0) is 20.4. The summed E-state index contributed by atoms with van der Waals surface area (Å²) in [7, 11) is -3.43. The molecule has 0 aromatic heterocycles. The second kappa shape index (κ2) is 8.26. The van der Waals surface area contributed by atoms with Gasteiger partial charge in [-0.2, -0.15) is 4.31 Å². The largest absolute Gasteiger partial charge is 0.321 e. The van der Waals surface area contributed by atoms with Crippen LogP contribution in [0, 0.1) is 0 Å². The zero-order valence-electron chi connectivity index (χ0n) is 16.7. The van der Waals surface area contributed by atoms with Crippen LogP contribution in [0.2, 0.25) is 0 Å². The summed E-state index contributed by atoms with van der Waals surface area (Å²) in [5.74, 6) is -0.0467. The van der Waals surface area contributed by atoms with Gasteiger partial charge in [-0.25, -0.2) is 8.42 Å². The molecule has 0 aliphatic carbocycles. The first kappa shape index (κ1) is 20.1. The molecule has 0 spiro atoms. The van der Waals surface area contributed by atoms with Crippen molar-refractivity contribution in [2.24, 2.45) is 0 Å². The smallest absolute Gasteiger partial charge is 0.282 e. The fraction of sp³-hybridized carbons (Fsp3) is 0.409. The molecule has 2 heterocycles. The van der Waals surface area contributed by atoms with E-state index < -0.39 is 10.0 Å². The van der Waals surface area contributed by atoms with E-state index in [2.05, 4.69) is 23.5 Å². The van der Waals surface area contributed by atoms with Crippen molar-refractivity contribution in [3.8, 4) is 0 Å². The molecular formula is C22H28N3O3S+. The van der Waals surface area contributed by atoms with E-state index in [0.29, 0.717) is 18.8 Å². The number of carbonyl (C=O) groups is 1. The molecule has 7 heteroatoms. The topological polar surface area (TPSA) is 70.9 Å². The van der Waals surface area contributed by atoms with Crippen molar-refractivity contribution in [2.75, 3.05) is 25.0 Å². The van der Waals surface area contributed by atoms with Crippen LogP contribution in [-0.4, -0.2) is 44.3 Å². The summed E-state index contributed by atoms with van der Waals surface area (Å²) < 4.78 is 26.8. The number of carbonyl (C=O) groups excluding carboxylic acids is 1. The second-order valence-corrected chi connectivity index (χ2v) is 9.89. The molecule has 2 aliphatic rings. The van der Waals surface area contributed by atoms with Gasteiger partial charge in [0.1, 0.15) is 6.54 Å². The summed E-state index contributed by atoms with van der Waals surface area (Å²) >= 11 is 0. The first-order valence-electron chi connectivity index (χ1n) is 10.3. The lowest BCUT2D eigenvalue weighted by atomic mass is 9.99. The molecule has 2 aliphatic heterocycles. The number of rotatable bonds is 5. The quantitative estimate of drug-likeness (QED) is 0.778. The van der Waals surface area contributed by atoms with Crippen molar-refractivity contribution in [1.29, 1.82) is 0 Å². The van der Waals surface area contributed by atoms with Crippen LogP contribution in [0.4, 0.5) is 5.69 Å². The molecule has 2 aromatic rings. The van der Waals surface area contributed by atoms with Crippen molar-refractivity contribution in [2.45, 2.75) is 43.7 Å². The van der Waals surface area contributed by atoms with Crippen LogP contribution in [-0.2, 0) is 27.8 Å². The van der Waals surface area contributed by atoms with Gasteiger partial charge in [-0.1, -0.05) is 24.3 Å². The second-order valence-electron chi connectivity index (χ2n) is 7.95. The molecule has 1 unspecified atom stereocenters. The number of hydrogen-bond donors (Lipinski definition) is 2. The Hall–Kier alpha value is -2.22. The highest BCUT2D eigenvalue weighted by Crippen LogP contribution is 2.22. The Labute approximate surface area is 172 Å². The molecule has 154 valence electrons. The molecule has 29 heavy (non-hydrogen) atoms. The van der Waals surface area contributed by atoms with E-state index in [0.717, 1.165) is 32.4 Å². The predicted octanol–water partition coefficient (Wildman–Crippen LogP) is 1.44. The van der Waals surface area contributed by atoms with Crippen LogP contribution in [0.3, 0.4) is 0 Å². The maximum atomic E-state index is 12.8. The molecule has 0 bridgehead atoms. The fourth-order valence-electron chi connectivity index (χ4n) is 4.20. The Bertz CT molecular complexity index is 983. The molecule has 2 N–H and O–H groups in total. The normalized spacial score (nSPS) is 20.8. The van der Waals surface area contributed by atoms with Crippen LogP contribution >= 0.6 is 0 Å². The number of amides is 1. The van der Waals surface area contributed by atoms with E-state index in [1.165, 1.54) is 20.3 Å². The van der Waals surface area contributed by atoms with Gasteiger partial charge in [0, 0.05) is 30.8 Å². The third kappa shape index (κ3) is 4.22. The number of benzene rings is 2. The van der Waals surface area contributed by atoms with E-state index in [4.69, 9.17) is 0 Å². The van der Waals surface area contributed by atoms with Gasteiger partial charge in [0.25, 0.3) is 5.91 Å². The molecule has 4 rings (SSSR count). The van der Waals surface area contributed by atoms with Crippen LogP contribution in [0.25, 0.3) is 0 Å². The van der Waals surface area contributed by atoms with Crippen LogP contribution in [0.1, 0.15) is 30.9 Å². The van der Waals surface area contributed by atoms with Crippen LogP contribution in [0.15, 0.2) is 53.4 Å². The van der Waals surface area contributed by atoms with Crippen LogP contribution in [0.5, 0.6) is 0 Å². The molecule has 1 amide bonds. The molecule has 0 radical (unpaired) electrons. The summed E-state index contributed by atoms with van der Waals surface area (Å²) in [5, 5.41) is 2.94. The van der Waals surface area contributed by atoms with Gasteiger partial charge < -0.3 is 10.2 Å². The molecular weight excluding hydrogens is 386 g/mol. The zero-order valence-corrected chi connectivity index (χ0v) is 17.5. The highest BCUT2D eigenvalue weighted by Gasteiger charge is 2.29. The van der Waals surface area contributed by atoms with Gasteiger partial charge in [0.15, 0.2) is 6.04 Å². The minimum atomic E-state index is -3.43. The van der Waals surface area contributed by atoms with Crippen LogP contribution < -0.4 is 10.2 Å². The van der Waals surface area contributed by atoms with Crippen molar-refractivity contribution in [3.63, 3.8) is 0 Å². The number of anilines is 1. The number of quaternary nitrogens is 1. The number of fused-ring (bicyclic) bond motifs is 1. The standard InChI is InChI=1S/C22H27N3O3S/c1-17(24-15-12-18-6-2-3-7-19(18)16-24)22(26)23-20-8-10-21(11-9-20)29(27,28)25-13-4-5-14-25/h2-3,6-11,17H,4-5,12-16H2,1H3,(H,23,26)/p+1/t17-/m1/s1. The fourth-order valence-corrected chi connectivity index (χ4v) is 5.71. The van der Waals surface area contributed by atoms with Gasteiger partial charge in [0.05, 0.1) is 11.4 Å². The van der Waals surface area contributed by atoms with Gasteiger partial charge in [-0.15, -0.1) is 0 Å². The van der Waals surface area contributed by atoms with Crippen molar-refractivity contribution >= 4 is 21.6 Å². The van der Waals surface area contributed by atoms with E-state index in [-0.39, 0.29) is 16.8 Å². The van der Waals surface area contributed by atoms with Gasteiger partial charge >= 0.3 is 0 Å². The Kier molecular flexibility index (Phi) is 5.72. The Morgan fingerprint density at radius 3 is 2.38 bits per heavy atom. The van der Waals surface area contributed by atoms with E-state index in [1.807, 2.05) is 13.0 Å². The Morgan fingerprint density at radius 2 is 1.69 bits per heavy atom. The van der Waals surface area contributed by atoms with Crippen molar-refractivity contribution in [3.05, 3.63) is 59.7 Å². The Morgan fingerprint density at radius 1 is 1.03 bits per heavy atom. The highest BCUT2D eigenvalue weighted by atomic mass is 32.2. The highest BCUT2D eigenvalue weighted by molar-refractivity contribution is 7.89. The van der Waals surface area contributed by atoms with E-state index >= 15 is 0 Å². The summed E-state index contributed by atoms with van der Waals surface area (Å²) in [5.41, 5.74) is 3.31. The van der Waals surface area contributed by atoms with Gasteiger partial charge in [0.2, 0.25) is 10.0 Å². The van der Waals surface area contributed by atoms with Crippen molar-refractivity contribution in [1.82, 2.24) is 4.31 Å². The average Bonchev–Trinajstić information content (AvgIpc) is 3.29. The minimum absolute atomic E-state index is 0.0467. The third-order valence-electron chi connectivity index (χ3n) is 6.08. The third-order valence-corrected chi connectivity index (χ3v) is 7.99. The maximum Gasteiger partial charge on any atom is 0.282 e. The SMILES string of the molecule is C[C@H](C(=O)Nc1ccc(S(=O)(=O)N2CCCC2)cc1)[NH+]1CCc2ccccc2C1. The first-order valence-corrected chi connectivity index (χ1v) is 11.7. The molecule has 6 nitrogen and oxygen atoms in total. The summed E-state index contributed by atoms with van der Waals surface area (Å²) in [6.45, 7) is 4.89. The number of nitrogens with zero attached hydrogens (tertiary/aromatic N) is 1. The van der Waals surface area contributed by atoms with Crippen molar-refractivity contribution < 1.29 is 18.1 Å². The summed E-state index contributed by atoms with van der Waals surface area (Å²) in [6.07, 6.45) is 2.80. The monoisotopic (exact) mass is 414 g/mol. The number of sulfonamides is 1. The lowest BCUT2D eigenvalue weighted by Gasteiger charge is -2.30. The number of hydrogen-bond acceptors (Lipinski definition) is 3. The van der Waals surface area contributed by atoms with E-state index in [1.54, 1.807) is 24.3 Å². The predicted molar refractivity (Wildman–Crippen MR) is 112 cm³/mol. The molecule has 1 fully saturated rings. The van der Waals surface area contributed by atoms with Gasteiger partial charge in [-0.05, 0) is 49.6 Å². The molecule has 0 saturated carbocycles. The molecule has 2 aromatic carbocycles. The first-order chi connectivity index (χ1) is 13.9. The maximum absolute atomic E-state index is 12.8. The lowest BCUT2D eigenvalue weighted by Crippen LogP contribution is -3.16. The minimum Gasteiger partial charge on any atom is -0.321 e. The summed E-state index contributed by atoms with van der Waals surface area (Å²) in [4.78, 5) is 14.3. The summed E-state index contributed by atoms with van der Waals surface area (Å²) in [6, 6.07) is 14.7. The average molecular weight is 415 g/mol. The lowest BCUT2D eigenvalue weighted by molar-refractivity contribution is -0.929. The molecule has 1 saturated heterocycles. The molecule has 2 atom stereocenters. The number of nitrogens with one attached hydrogen (secondary N) is 2.